The fourth-order valence-electron chi connectivity index (χ4n) is 1.94. The number of aromatic nitrogens is 1. The first-order valence-corrected chi connectivity index (χ1v) is 7.57. The Bertz CT molecular complexity index is 750. The first kappa shape index (κ1) is 13.3. The van der Waals surface area contributed by atoms with E-state index in [1.807, 2.05) is 35.7 Å². The Kier molecular flexibility index (Phi) is 3.54. The van der Waals surface area contributed by atoms with Gasteiger partial charge < -0.3 is 5.73 Å². The van der Waals surface area contributed by atoms with E-state index in [1.54, 1.807) is 0 Å². The molecule has 2 N–H and O–H groups in total. The van der Waals surface area contributed by atoms with Gasteiger partial charge in [-0.05, 0) is 24.3 Å². The van der Waals surface area contributed by atoms with Gasteiger partial charge in [-0.15, -0.1) is 11.3 Å². The smallest absolute Gasteiger partial charge is 0.125 e. The van der Waals surface area contributed by atoms with Crippen LogP contribution in [0.2, 0.25) is 0 Å². The molecule has 0 fully saturated rings. The number of rotatable bonds is 2. The lowest BCUT2D eigenvalue weighted by Crippen LogP contribution is -1.89. The highest BCUT2D eigenvalue weighted by Gasteiger charge is 2.10. The van der Waals surface area contributed by atoms with Crippen LogP contribution in [-0.2, 0) is 0 Å². The number of thiazole rings is 1. The zero-order valence-electron chi connectivity index (χ0n) is 10.3. The molecule has 0 aliphatic carbocycles. The second-order valence-corrected chi connectivity index (χ2v) is 6.06. The molecule has 5 heteroatoms. The van der Waals surface area contributed by atoms with Crippen LogP contribution in [0, 0.1) is 5.82 Å². The van der Waals surface area contributed by atoms with E-state index in [2.05, 4.69) is 20.9 Å². The summed E-state index contributed by atoms with van der Waals surface area (Å²) in [5, 5.41) is 2.70. The Labute approximate surface area is 128 Å². The molecular weight excluding hydrogens is 339 g/mol. The zero-order valence-corrected chi connectivity index (χ0v) is 12.7. The van der Waals surface area contributed by atoms with Crippen LogP contribution in [0.25, 0.3) is 21.8 Å². The van der Waals surface area contributed by atoms with Crippen molar-refractivity contribution in [3.8, 4) is 21.8 Å². The molecule has 1 aromatic heterocycles. The van der Waals surface area contributed by atoms with E-state index in [9.17, 15) is 4.39 Å². The second kappa shape index (κ2) is 5.34. The maximum absolute atomic E-state index is 13.4. The van der Waals surface area contributed by atoms with Crippen molar-refractivity contribution in [2.45, 2.75) is 0 Å². The molecule has 0 aliphatic rings. The highest BCUT2D eigenvalue weighted by Crippen LogP contribution is 2.32. The normalized spacial score (nSPS) is 10.7. The molecule has 0 amide bonds. The van der Waals surface area contributed by atoms with Gasteiger partial charge in [0.1, 0.15) is 10.8 Å². The summed E-state index contributed by atoms with van der Waals surface area (Å²) in [6.45, 7) is 0. The highest BCUT2D eigenvalue weighted by molar-refractivity contribution is 9.10. The van der Waals surface area contributed by atoms with Crippen molar-refractivity contribution in [1.82, 2.24) is 4.98 Å². The number of benzene rings is 2. The number of nitrogen functional groups attached to an aromatic ring is 1. The Morgan fingerprint density at radius 1 is 1.15 bits per heavy atom. The number of nitrogens with zero attached hydrogens (tertiary/aromatic N) is 1. The number of halogens is 2. The summed E-state index contributed by atoms with van der Waals surface area (Å²) in [4.78, 5) is 4.54. The molecule has 2 nitrogen and oxygen atoms in total. The largest absolute Gasteiger partial charge is 0.398 e. The summed E-state index contributed by atoms with van der Waals surface area (Å²) >= 11 is 4.76. The minimum atomic E-state index is -0.287. The van der Waals surface area contributed by atoms with Gasteiger partial charge >= 0.3 is 0 Å². The first-order valence-electron chi connectivity index (χ1n) is 5.90. The minimum absolute atomic E-state index is 0.287. The average molecular weight is 349 g/mol. The van der Waals surface area contributed by atoms with E-state index in [0.29, 0.717) is 10.2 Å². The van der Waals surface area contributed by atoms with Crippen LogP contribution >= 0.6 is 27.3 Å². The van der Waals surface area contributed by atoms with Crippen LogP contribution < -0.4 is 5.73 Å². The summed E-state index contributed by atoms with van der Waals surface area (Å²) in [5.74, 6) is -0.287. The molecule has 0 aliphatic heterocycles. The van der Waals surface area contributed by atoms with Gasteiger partial charge in [-0.1, -0.05) is 34.1 Å². The zero-order chi connectivity index (χ0) is 14.1. The molecule has 0 bridgehead atoms. The van der Waals surface area contributed by atoms with E-state index in [0.717, 1.165) is 21.8 Å². The lowest BCUT2D eigenvalue weighted by atomic mass is 10.1. The Morgan fingerprint density at radius 3 is 2.70 bits per heavy atom. The van der Waals surface area contributed by atoms with Crippen molar-refractivity contribution in [3.63, 3.8) is 0 Å². The summed E-state index contributed by atoms with van der Waals surface area (Å²) in [6, 6.07) is 12.3. The predicted octanol–water partition coefficient (Wildman–Crippen LogP) is 4.96. The van der Waals surface area contributed by atoms with Crippen LogP contribution in [-0.4, -0.2) is 4.98 Å². The van der Waals surface area contributed by atoms with Crippen molar-refractivity contribution >= 4 is 33.0 Å². The van der Waals surface area contributed by atoms with Crippen molar-refractivity contribution in [1.29, 1.82) is 0 Å². The van der Waals surface area contributed by atoms with Crippen molar-refractivity contribution in [2.24, 2.45) is 0 Å². The number of para-hydroxylation sites is 1. The van der Waals surface area contributed by atoms with E-state index in [1.165, 1.54) is 23.5 Å². The summed E-state index contributed by atoms with van der Waals surface area (Å²) in [7, 11) is 0. The third-order valence-corrected chi connectivity index (χ3v) is 4.20. The number of hydrogen-bond donors (Lipinski definition) is 1. The Balaban J connectivity index is 2.04. The molecule has 0 spiro atoms. The topological polar surface area (TPSA) is 38.9 Å². The number of anilines is 1. The lowest BCUT2D eigenvalue weighted by molar-refractivity contribution is 0.627. The fourth-order valence-corrected chi connectivity index (χ4v) is 3.21. The van der Waals surface area contributed by atoms with Gasteiger partial charge in [0.05, 0.1) is 5.69 Å². The van der Waals surface area contributed by atoms with Crippen molar-refractivity contribution in [3.05, 3.63) is 58.1 Å². The van der Waals surface area contributed by atoms with E-state index >= 15 is 0 Å². The van der Waals surface area contributed by atoms with Gasteiger partial charge in [0.2, 0.25) is 0 Å². The van der Waals surface area contributed by atoms with Crippen molar-refractivity contribution in [2.75, 3.05) is 5.73 Å². The van der Waals surface area contributed by atoms with E-state index in [-0.39, 0.29) is 5.82 Å². The molecule has 0 unspecified atom stereocenters. The van der Waals surface area contributed by atoms with Crippen LogP contribution in [0.3, 0.4) is 0 Å². The summed E-state index contributed by atoms with van der Waals surface area (Å²) in [6.07, 6.45) is 0. The van der Waals surface area contributed by atoms with Gasteiger partial charge in [-0.3, -0.25) is 0 Å². The molecule has 0 saturated carbocycles. The van der Waals surface area contributed by atoms with Crippen LogP contribution in [0.1, 0.15) is 0 Å². The van der Waals surface area contributed by atoms with Crippen molar-refractivity contribution < 1.29 is 4.39 Å². The molecule has 3 rings (SSSR count). The average Bonchev–Trinajstić information content (AvgIpc) is 2.87. The van der Waals surface area contributed by atoms with Gasteiger partial charge in [0.25, 0.3) is 0 Å². The molecule has 20 heavy (non-hydrogen) atoms. The maximum Gasteiger partial charge on any atom is 0.125 e. The van der Waals surface area contributed by atoms with E-state index in [4.69, 9.17) is 5.73 Å². The van der Waals surface area contributed by atoms with Gasteiger partial charge in [0, 0.05) is 26.7 Å². The Morgan fingerprint density at radius 2 is 1.95 bits per heavy atom. The molecule has 2 aromatic carbocycles. The Hall–Kier alpha value is -1.72. The van der Waals surface area contributed by atoms with E-state index < -0.39 is 0 Å². The number of hydrogen-bond acceptors (Lipinski definition) is 3. The third kappa shape index (κ3) is 2.59. The minimum Gasteiger partial charge on any atom is -0.398 e. The lowest BCUT2D eigenvalue weighted by Gasteiger charge is -2.01. The molecular formula is C15H10BrFN2S. The quantitative estimate of drug-likeness (QED) is 0.664. The number of nitrogens with two attached hydrogens (primary N) is 1. The predicted molar refractivity (Wildman–Crippen MR) is 85.1 cm³/mol. The molecule has 3 aromatic rings. The van der Waals surface area contributed by atoms with Crippen LogP contribution in [0.15, 0.2) is 52.3 Å². The summed E-state index contributed by atoms with van der Waals surface area (Å²) < 4.78 is 14.1. The highest BCUT2D eigenvalue weighted by atomic mass is 79.9. The maximum atomic E-state index is 13.4. The second-order valence-electron chi connectivity index (χ2n) is 4.28. The van der Waals surface area contributed by atoms with Crippen LogP contribution in [0.4, 0.5) is 10.1 Å². The monoisotopic (exact) mass is 348 g/mol. The standard InChI is InChI=1S/C15H10BrFN2S/c16-10-5-9(6-11(17)7-10)15-19-14(8-20-15)12-3-1-2-4-13(12)18/h1-8H,18H2. The fraction of sp³-hybridized carbons (Fsp3) is 0. The van der Waals surface area contributed by atoms with Gasteiger partial charge in [-0.2, -0.15) is 0 Å². The van der Waals surface area contributed by atoms with Crippen LogP contribution in [0.5, 0.6) is 0 Å². The molecule has 0 atom stereocenters. The van der Waals surface area contributed by atoms with Gasteiger partial charge in [0.15, 0.2) is 0 Å². The van der Waals surface area contributed by atoms with Gasteiger partial charge in [-0.25, -0.2) is 9.37 Å². The first-order chi connectivity index (χ1) is 9.63. The SMILES string of the molecule is Nc1ccccc1-c1csc(-c2cc(F)cc(Br)c2)n1. The summed E-state index contributed by atoms with van der Waals surface area (Å²) in [5.41, 5.74) is 9.09. The molecule has 100 valence electrons. The molecule has 1 heterocycles. The molecule has 0 saturated heterocycles. The third-order valence-electron chi connectivity index (χ3n) is 2.85. The molecule has 0 radical (unpaired) electrons.